The molecule has 2 rings (SSSR count). The lowest BCUT2D eigenvalue weighted by Gasteiger charge is -2.23. The summed E-state index contributed by atoms with van der Waals surface area (Å²) in [4.78, 5) is 0. The van der Waals surface area contributed by atoms with Crippen molar-refractivity contribution in [2.24, 2.45) is 0 Å². The molecule has 0 unspecified atom stereocenters. The summed E-state index contributed by atoms with van der Waals surface area (Å²) in [6.07, 6.45) is 1.35. The van der Waals surface area contributed by atoms with Crippen molar-refractivity contribution in [3.05, 3.63) is 29.8 Å². The highest BCUT2D eigenvalue weighted by Gasteiger charge is 2.30. The molecular weight excluding hydrogens is 230 g/mol. The molecule has 1 aromatic rings. The maximum Gasteiger partial charge on any atom is 0.118 e. The van der Waals surface area contributed by atoms with Gasteiger partial charge in [-0.15, -0.1) is 11.8 Å². The van der Waals surface area contributed by atoms with Crippen molar-refractivity contribution in [3.8, 4) is 5.75 Å². The van der Waals surface area contributed by atoms with Gasteiger partial charge in [-0.05, 0) is 17.7 Å². The molecule has 1 aromatic carbocycles. The Morgan fingerprint density at radius 2 is 2.00 bits per heavy atom. The fraction of sp³-hybridized carbons (Fsp3) is 0.571. The van der Waals surface area contributed by atoms with Gasteiger partial charge in [0.15, 0.2) is 0 Å². The van der Waals surface area contributed by atoms with Crippen LogP contribution in [0.1, 0.15) is 12.0 Å². The summed E-state index contributed by atoms with van der Waals surface area (Å²) in [6.45, 7) is 2.63. The number of thioether (sulfide) groups is 1. The number of nitrogens with zero attached hydrogens (tertiary/aromatic N) is 1. The lowest BCUT2D eigenvalue weighted by atomic mass is 10.2. The lowest BCUT2D eigenvalue weighted by Crippen LogP contribution is -2.36. The zero-order chi connectivity index (χ0) is 12.3. The van der Waals surface area contributed by atoms with Gasteiger partial charge in [-0.25, -0.2) is 0 Å². The molecule has 0 radical (unpaired) electrons. The molecule has 0 aliphatic carbocycles. The Kier molecular flexibility index (Phi) is 4.00. The highest BCUT2D eigenvalue weighted by Crippen LogP contribution is 2.28. The van der Waals surface area contributed by atoms with Crippen molar-refractivity contribution >= 4 is 11.8 Å². The Balaban J connectivity index is 1.82. The minimum atomic E-state index is 0.826. The first-order valence-electron chi connectivity index (χ1n) is 6.16. The van der Waals surface area contributed by atoms with E-state index < -0.39 is 0 Å². The van der Waals surface area contributed by atoms with Gasteiger partial charge in [0.1, 0.15) is 5.75 Å². The number of hydrogen-bond donors (Lipinski definition) is 0. The number of rotatable bonds is 4. The van der Waals surface area contributed by atoms with Crippen LogP contribution in [0.15, 0.2) is 24.3 Å². The van der Waals surface area contributed by atoms with E-state index in [1.807, 2.05) is 12.1 Å². The predicted molar refractivity (Wildman–Crippen MR) is 74.5 cm³/mol. The van der Waals surface area contributed by atoms with Crippen LogP contribution in [-0.2, 0) is 5.75 Å². The molecule has 2 nitrogen and oxygen atoms in total. The van der Waals surface area contributed by atoms with E-state index in [9.17, 15) is 0 Å². The zero-order valence-corrected chi connectivity index (χ0v) is 11.8. The first-order chi connectivity index (χ1) is 8.09. The summed E-state index contributed by atoms with van der Waals surface area (Å²) in [6, 6.07) is 8.43. The largest absolute Gasteiger partial charge is 0.497 e. The number of quaternary nitrogens is 1. The fourth-order valence-corrected chi connectivity index (χ4v) is 3.70. The molecule has 1 atom stereocenters. The van der Waals surface area contributed by atoms with Crippen LogP contribution in [0.2, 0.25) is 0 Å². The standard InChI is InChI=1S/C14H22NOS/c1-15(2)9-8-14(10-15)17-11-12-4-6-13(16-3)7-5-12/h4-7,14H,8-11H2,1-3H3/q+1/t14-/m0/s1. The van der Waals surface area contributed by atoms with Gasteiger partial charge in [-0.1, -0.05) is 12.1 Å². The third-order valence-corrected chi connectivity index (χ3v) is 4.76. The van der Waals surface area contributed by atoms with E-state index in [4.69, 9.17) is 4.74 Å². The summed E-state index contributed by atoms with van der Waals surface area (Å²) >= 11 is 2.10. The number of ether oxygens (including phenoxy) is 1. The maximum atomic E-state index is 5.17. The molecule has 1 heterocycles. The minimum absolute atomic E-state index is 0.826. The Labute approximate surface area is 109 Å². The van der Waals surface area contributed by atoms with Crippen LogP contribution in [-0.4, -0.2) is 44.0 Å². The van der Waals surface area contributed by atoms with E-state index in [-0.39, 0.29) is 0 Å². The molecule has 0 bridgehead atoms. The third-order valence-electron chi connectivity index (χ3n) is 3.40. The lowest BCUT2D eigenvalue weighted by molar-refractivity contribution is -0.877. The molecule has 0 amide bonds. The van der Waals surface area contributed by atoms with Crippen molar-refractivity contribution in [1.82, 2.24) is 0 Å². The van der Waals surface area contributed by atoms with E-state index in [2.05, 4.69) is 38.0 Å². The first-order valence-corrected chi connectivity index (χ1v) is 7.20. The van der Waals surface area contributed by atoms with Crippen LogP contribution in [0, 0.1) is 0 Å². The quantitative estimate of drug-likeness (QED) is 0.762. The molecule has 1 aliphatic rings. The van der Waals surface area contributed by atoms with Crippen LogP contribution in [0.5, 0.6) is 5.75 Å². The Morgan fingerprint density at radius 3 is 2.53 bits per heavy atom. The second kappa shape index (κ2) is 5.32. The molecule has 3 heteroatoms. The summed E-state index contributed by atoms with van der Waals surface area (Å²) in [5.74, 6) is 2.06. The van der Waals surface area contributed by atoms with Gasteiger partial charge in [0, 0.05) is 12.2 Å². The fourth-order valence-electron chi connectivity index (χ4n) is 2.30. The SMILES string of the molecule is COc1ccc(CS[C@H]2CC[N+](C)(C)C2)cc1. The average Bonchev–Trinajstić information content (AvgIpc) is 2.67. The molecule has 1 saturated heterocycles. The summed E-state index contributed by atoms with van der Waals surface area (Å²) < 4.78 is 6.35. The number of methoxy groups -OCH3 is 1. The van der Waals surface area contributed by atoms with Crippen molar-refractivity contribution in [2.45, 2.75) is 17.4 Å². The van der Waals surface area contributed by atoms with Gasteiger partial charge >= 0.3 is 0 Å². The summed E-state index contributed by atoms with van der Waals surface area (Å²) in [5, 5.41) is 0.826. The summed E-state index contributed by atoms with van der Waals surface area (Å²) in [7, 11) is 6.37. The van der Waals surface area contributed by atoms with Gasteiger partial charge in [0.2, 0.25) is 0 Å². The predicted octanol–water partition coefficient (Wildman–Crippen LogP) is 2.78. The minimum Gasteiger partial charge on any atom is -0.497 e. The third kappa shape index (κ3) is 3.65. The van der Waals surface area contributed by atoms with E-state index in [1.165, 1.54) is 29.6 Å². The van der Waals surface area contributed by atoms with Gasteiger partial charge < -0.3 is 9.22 Å². The van der Waals surface area contributed by atoms with Crippen LogP contribution in [0.4, 0.5) is 0 Å². The van der Waals surface area contributed by atoms with Crippen molar-refractivity contribution in [2.75, 3.05) is 34.3 Å². The number of hydrogen-bond acceptors (Lipinski definition) is 2. The highest BCUT2D eigenvalue weighted by molar-refractivity contribution is 7.99. The van der Waals surface area contributed by atoms with Crippen molar-refractivity contribution in [3.63, 3.8) is 0 Å². The van der Waals surface area contributed by atoms with E-state index in [0.29, 0.717) is 0 Å². The average molecular weight is 252 g/mol. The molecule has 0 N–H and O–H groups in total. The maximum absolute atomic E-state index is 5.17. The molecule has 0 saturated carbocycles. The molecule has 0 aromatic heterocycles. The second-order valence-electron chi connectivity index (χ2n) is 5.41. The Morgan fingerprint density at radius 1 is 1.29 bits per heavy atom. The topological polar surface area (TPSA) is 9.23 Å². The van der Waals surface area contributed by atoms with Crippen LogP contribution >= 0.6 is 11.8 Å². The van der Waals surface area contributed by atoms with Gasteiger partial charge in [0.05, 0.1) is 39.5 Å². The summed E-state index contributed by atoms with van der Waals surface area (Å²) in [5.41, 5.74) is 1.40. The van der Waals surface area contributed by atoms with Crippen LogP contribution in [0.3, 0.4) is 0 Å². The zero-order valence-electron chi connectivity index (χ0n) is 11.0. The number of benzene rings is 1. The van der Waals surface area contributed by atoms with Crippen LogP contribution in [0.25, 0.3) is 0 Å². The van der Waals surface area contributed by atoms with E-state index in [0.717, 1.165) is 16.8 Å². The molecule has 17 heavy (non-hydrogen) atoms. The van der Waals surface area contributed by atoms with Crippen molar-refractivity contribution in [1.29, 1.82) is 0 Å². The number of likely N-dealkylation sites (tertiary alicyclic amines) is 1. The van der Waals surface area contributed by atoms with Gasteiger partial charge in [-0.3, -0.25) is 0 Å². The van der Waals surface area contributed by atoms with Crippen molar-refractivity contribution < 1.29 is 9.22 Å². The Bertz CT molecular complexity index is 361. The smallest absolute Gasteiger partial charge is 0.118 e. The molecule has 1 fully saturated rings. The van der Waals surface area contributed by atoms with Gasteiger partial charge in [-0.2, -0.15) is 0 Å². The molecular formula is C14H22NOS+. The second-order valence-corrected chi connectivity index (χ2v) is 6.70. The highest BCUT2D eigenvalue weighted by atomic mass is 32.2. The van der Waals surface area contributed by atoms with E-state index in [1.54, 1.807) is 7.11 Å². The monoisotopic (exact) mass is 252 g/mol. The van der Waals surface area contributed by atoms with Gasteiger partial charge in [0.25, 0.3) is 0 Å². The normalized spacial score (nSPS) is 22.6. The molecule has 94 valence electrons. The molecule has 1 aliphatic heterocycles. The Hall–Kier alpha value is -0.670. The van der Waals surface area contributed by atoms with E-state index >= 15 is 0 Å². The first kappa shape index (κ1) is 12.8. The van der Waals surface area contributed by atoms with Crippen LogP contribution < -0.4 is 4.74 Å². The molecule has 0 spiro atoms.